The molecule has 0 saturated heterocycles. The van der Waals surface area contributed by atoms with Crippen molar-refractivity contribution in [1.82, 2.24) is 0 Å². The normalized spacial score (nSPS) is 19.4. The second-order valence-corrected chi connectivity index (χ2v) is 2.96. The third kappa shape index (κ3) is 1.08. The lowest BCUT2D eigenvalue weighted by atomic mass is 10.3. The Labute approximate surface area is 80.6 Å². The lowest BCUT2D eigenvalue weighted by molar-refractivity contribution is -0.154. The number of hydrogen-bond donors (Lipinski definition) is 0. The van der Waals surface area contributed by atoms with E-state index in [4.69, 9.17) is 18.9 Å². The zero-order chi connectivity index (χ0) is 9.38. The minimum absolute atomic E-state index is 0.512. The van der Waals surface area contributed by atoms with E-state index in [-0.39, 0.29) is 0 Å². The molecule has 0 spiro atoms. The number of ether oxygens (including phenoxy) is 4. The molecule has 14 heavy (non-hydrogen) atoms. The van der Waals surface area contributed by atoms with Gasteiger partial charge in [0.2, 0.25) is 0 Å². The van der Waals surface area contributed by atoms with Gasteiger partial charge in [0.1, 0.15) is 12.5 Å². The van der Waals surface area contributed by atoms with E-state index in [9.17, 15) is 0 Å². The van der Waals surface area contributed by atoms with Gasteiger partial charge in [-0.15, -0.1) is 0 Å². The molecule has 0 bridgehead atoms. The average molecular weight is 192 g/mol. The molecule has 4 heteroatoms. The van der Waals surface area contributed by atoms with Crippen LogP contribution in [0.5, 0.6) is 11.5 Å². The Morgan fingerprint density at radius 2 is 1.36 bits per heavy atom. The molecular weight excluding hydrogens is 184 g/mol. The predicted molar refractivity (Wildman–Crippen MR) is 46.6 cm³/mol. The Morgan fingerprint density at radius 3 is 1.93 bits per heavy atom. The number of fused-ring (bicyclic) bond motifs is 1. The molecule has 0 aliphatic carbocycles. The van der Waals surface area contributed by atoms with E-state index in [2.05, 4.69) is 0 Å². The van der Waals surface area contributed by atoms with Crippen molar-refractivity contribution < 1.29 is 18.9 Å². The van der Waals surface area contributed by atoms with E-state index in [0.717, 1.165) is 11.5 Å². The van der Waals surface area contributed by atoms with Crippen molar-refractivity contribution >= 4 is 0 Å². The van der Waals surface area contributed by atoms with Crippen molar-refractivity contribution in [3.05, 3.63) is 36.8 Å². The molecule has 3 rings (SSSR count). The fourth-order valence-electron chi connectivity index (χ4n) is 1.41. The summed E-state index contributed by atoms with van der Waals surface area (Å²) < 4.78 is 21.2. The van der Waals surface area contributed by atoms with Crippen molar-refractivity contribution in [2.75, 3.05) is 0 Å². The number of benzene rings is 1. The van der Waals surface area contributed by atoms with Crippen LogP contribution in [-0.4, -0.2) is 12.6 Å². The molecule has 0 N–H and O–H groups in total. The average Bonchev–Trinajstić information content (AvgIpc) is 2.86. The fraction of sp³-hybridized carbons (Fsp3) is 0.200. The van der Waals surface area contributed by atoms with E-state index in [1.54, 1.807) is 0 Å². The molecule has 72 valence electrons. The molecule has 0 unspecified atom stereocenters. The second-order valence-electron chi connectivity index (χ2n) is 2.96. The fourth-order valence-corrected chi connectivity index (χ4v) is 1.41. The molecular formula is C10H8O4. The maximum Gasteiger partial charge on any atom is 0.316 e. The predicted octanol–water partition coefficient (Wildman–Crippen LogP) is 1.63. The zero-order valence-electron chi connectivity index (χ0n) is 7.25. The molecule has 0 fully saturated rings. The highest BCUT2D eigenvalue weighted by Gasteiger charge is 2.35. The number of para-hydroxylation sites is 2. The standard InChI is InChI=1S/C10H8O4/c1-2-4-8-7(3-1)13-10(14-8)9-11-5-6-12-9/h1-6,9-10H. The van der Waals surface area contributed by atoms with Crippen LogP contribution in [0.15, 0.2) is 36.8 Å². The summed E-state index contributed by atoms with van der Waals surface area (Å²) in [5, 5.41) is 0. The maximum absolute atomic E-state index is 5.48. The third-order valence-electron chi connectivity index (χ3n) is 2.04. The van der Waals surface area contributed by atoms with E-state index in [1.807, 2.05) is 24.3 Å². The van der Waals surface area contributed by atoms with E-state index in [0.29, 0.717) is 0 Å². The van der Waals surface area contributed by atoms with E-state index in [1.165, 1.54) is 12.5 Å². The first-order valence-corrected chi connectivity index (χ1v) is 4.32. The largest absolute Gasteiger partial charge is 0.453 e. The maximum atomic E-state index is 5.48. The summed E-state index contributed by atoms with van der Waals surface area (Å²) in [7, 11) is 0. The van der Waals surface area contributed by atoms with Crippen LogP contribution in [0.3, 0.4) is 0 Å². The molecule has 2 aliphatic heterocycles. The number of hydrogen-bond acceptors (Lipinski definition) is 4. The van der Waals surface area contributed by atoms with Crippen LogP contribution in [0, 0.1) is 0 Å². The lowest BCUT2D eigenvalue weighted by Crippen LogP contribution is -2.34. The number of rotatable bonds is 1. The monoisotopic (exact) mass is 192 g/mol. The molecule has 2 heterocycles. The molecule has 0 saturated carbocycles. The molecule has 1 aromatic rings. The first-order chi connectivity index (χ1) is 6.93. The van der Waals surface area contributed by atoms with Crippen LogP contribution in [0.25, 0.3) is 0 Å². The van der Waals surface area contributed by atoms with Gasteiger partial charge in [-0.25, -0.2) is 0 Å². The third-order valence-corrected chi connectivity index (χ3v) is 2.04. The van der Waals surface area contributed by atoms with Gasteiger partial charge in [-0.3, -0.25) is 0 Å². The quantitative estimate of drug-likeness (QED) is 0.677. The summed E-state index contributed by atoms with van der Waals surface area (Å²) in [5.74, 6) is 1.44. The SMILES string of the molecule is C1=COC(C2Oc3ccccc3O2)O1. The Kier molecular flexibility index (Phi) is 1.53. The van der Waals surface area contributed by atoms with Crippen LogP contribution < -0.4 is 9.47 Å². The minimum Gasteiger partial charge on any atom is -0.453 e. The van der Waals surface area contributed by atoms with Crippen molar-refractivity contribution in [2.45, 2.75) is 12.6 Å². The Hall–Kier alpha value is -1.84. The Balaban J connectivity index is 1.78. The first kappa shape index (κ1) is 7.55. The highest BCUT2D eigenvalue weighted by atomic mass is 16.8. The Bertz CT molecular complexity index is 341. The molecule has 0 radical (unpaired) electrons. The highest BCUT2D eigenvalue weighted by molar-refractivity contribution is 5.41. The van der Waals surface area contributed by atoms with Gasteiger partial charge in [-0.05, 0) is 12.1 Å². The summed E-state index contributed by atoms with van der Waals surface area (Å²) in [6.07, 6.45) is 1.91. The topological polar surface area (TPSA) is 36.9 Å². The van der Waals surface area contributed by atoms with Crippen LogP contribution in [0.4, 0.5) is 0 Å². The summed E-state index contributed by atoms with van der Waals surface area (Å²) in [6.45, 7) is 0. The molecule has 0 atom stereocenters. The summed E-state index contributed by atoms with van der Waals surface area (Å²) in [6, 6.07) is 7.47. The van der Waals surface area contributed by atoms with Gasteiger partial charge in [0.15, 0.2) is 11.5 Å². The van der Waals surface area contributed by atoms with Gasteiger partial charge in [-0.2, -0.15) is 0 Å². The van der Waals surface area contributed by atoms with Crippen LogP contribution in [0.2, 0.25) is 0 Å². The van der Waals surface area contributed by atoms with Gasteiger partial charge < -0.3 is 18.9 Å². The van der Waals surface area contributed by atoms with Crippen molar-refractivity contribution in [1.29, 1.82) is 0 Å². The van der Waals surface area contributed by atoms with Gasteiger partial charge in [0, 0.05) is 0 Å². The summed E-state index contributed by atoms with van der Waals surface area (Å²) in [4.78, 5) is 0. The molecule has 0 amide bonds. The lowest BCUT2D eigenvalue weighted by Gasteiger charge is -2.15. The summed E-state index contributed by atoms with van der Waals surface area (Å²) >= 11 is 0. The van der Waals surface area contributed by atoms with Crippen molar-refractivity contribution in [3.63, 3.8) is 0 Å². The molecule has 2 aliphatic rings. The van der Waals surface area contributed by atoms with E-state index >= 15 is 0 Å². The summed E-state index contributed by atoms with van der Waals surface area (Å²) in [5.41, 5.74) is 0. The first-order valence-electron chi connectivity index (χ1n) is 4.32. The van der Waals surface area contributed by atoms with Crippen LogP contribution in [0.1, 0.15) is 0 Å². The smallest absolute Gasteiger partial charge is 0.316 e. The van der Waals surface area contributed by atoms with Gasteiger partial charge >= 0.3 is 12.6 Å². The van der Waals surface area contributed by atoms with E-state index < -0.39 is 12.6 Å². The Morgan fingerprint density at radius 1 is 0.786 bits per heavy atom. The van der Waals surface area contributed by atoms with Gasteiger partial charge in [0.25, 0.3) is 0 Å². The van der Waals surface area contributed by atoms with Crippen molar-refractivity contribution in [2.24, 2.45) is 0 Å². The molecule has 1 aromatic carbocycles. The van der Waals surface area contributed by atoms with Gasteiger partial charge in [0.05, 0.1) is 0 Å². The molecule has 0 aromatic heterocycles. The highest BCUT2D eigenvalue weighted by Crippen LogP contribution is 2.35. The minimum atomic E-state index is -0.526. The molecule has 4 nitrogen and oxygen atoms in total. The van der Waals surface area contributed by atoms with Crippen molar-refractivity contribution in [3.8, 4) is 11.5 Å². The zero-order valence-corrected chi connectivity index (χ0v) is 7.25. The van der Waals surface area contributed by atoms with Gasteiger partial charge in [-0.1, -0.05) is 12.1 Å². The van der Waals surface area contributed by atoms with Crippen LogP contribution in [-0.2, 0) is 9.47 Å². The van der Waals surface area contributed by atoms with Crippen LogP contribution >= 0.6 is 0 Å². The second kappa shape index (κ2) is 2.83.